The summed E-state index contributed by atoms with van der Waals surface area (Å²) in [7, 11) is 4.92. The van der Waals surface area contributed by atoms with Crippen molar-refractivity contribution in [2.24, 2.45) is 9.98 Å². The van der Waals surface area contributed by atoms with Gasteiger partial charge in [0, 0.05) is 62.9 Å². The van der Waals surface area contributed by atoms with E-state index in [4.69, 9.17) is 28.9 Å². The Morgan fingerprint density at radius 2 is 1.36 bits per heavy atom. The molecule has 0 saturated heterocycles. The number of nitrogens with zero attached hydrogens (tertiary/aromatic N) is 4. The Balaban J connectivity index is 0.913. The average molecular weight is 713 g/mol. The number of anilines is 1. The minimum absolute atomic E-state index is 0.0818. The van der Waals surface area contributed by atoms with E-state index in [2.05, 4.69) is 23.0 Å². The smallest absolute Gasteiger partial charge is 0.260 e. The molecule has 0 spiro atoms. The molecule has 4 heterocycles. The molecule has 2 atom stereocenters. The molecule has 0 bridgehead atoms. The van der Waals surface area contributed by atoms with Crippen molar-refractivity contribution < 1.29 is 28.5 Å². The fraction of sp³-hybridized carbons (Fsp3) is 0.268. The van der Waals surface area contributed by atoms with Crippen LogP contribution in [-0.2, 0) is 13.0 Å². The number of rotatable bonds is 11. The van der Waals surface area contributed by atoms with Crippen molar-refractivity contribution in [3.63, 3.8) is 0 Å². The number of aliphatic imine (C=N–C) groups is 2. The van der Waals surface area contributed by atoms with E-state index in [-0.39, 0.29) is 23.9 Å². The summed E-state index contributed by atoms with van der Waals surface area (Å²) in [6, 6.07) is 22.9. The predicted molar refractivity (Wildman–Crippen MR) is 203 cm³/mol. The first-order valence-electron chi connectivity index (χ1n) is 17.7. The third-order valence-corrected chi connectivity index (χ3v) is 9.99. The van der Waals surface area contributed by atoms with E-state index in [1.807, 2.05) is 67.0 Å². The Hall–Kier alpha value is -6.14. The van der Waals surface area contributed by atoms with Crippen molar-refractivity contribution in [1.82, 2.24) is 15.2 Å². The summed E-state index contributed by atoms with van der Waals surface area (Å²) in [6.45, 7) is 1.17. The molecular formula is C41H40N6O6. The maximum absolute atomic E-state index is 13.8. The monoisotopic (exact) mass is 712 g/mol. The van der Waals surface area contributed by atoms with Gasteiger partial charge in [-0.3, -0.25) is 19.6 Å². The van der Waals surface area contributed by atoms with Gasteiger partial charge in [-0.25, -0.2) is 5.43 Å². The number of benzene rings is 4. The number of carbonyl (C=O) groups is 2. The van der Waals surface area contributed by atoms with Gasteiger partial charge in [0.25, 0.3) is 11.8 Å². The highest BCUT2D eigenvalue weighted by Crippen LogP contribution is 2.41. The molecule has 4 aliphatic rings. The zero-order valence-corrected chi connectivity index (χ0v) is 29.8. The Bertz CT molecular complexity index is 2160. The number of carbonyl (C=O) groups excluding carboxylic acids is 2. The molecule has 0 unspecified atom stereocenters. The Morgan fingerprint density at radius 3 is 2.00 bits per heavy atom. The lowest BCUT2D eigenvalue weighted by molar-refractivity contribution is 0.0702. The van der Waals surface area contributed by atoms with E-state index in [0.29, 0.717) is 78.1 Å². The molecule has 2 N–H and O–H groups in total. The zero-order valence-electron chi connectivity index (χ0n) is 29.8. The van der Waals surface area contributed by atoms with Crippen LogP contribution in [0.25, 0.3) is 5.57 Å². The van der Waals surface area contributed by atoms with Crippen LogP contribution in [0.5, 0.6) is 23.0 Å². The lowest BCUT2D eigenvalue weighted by Gasteiger charge is -2.34. The zero-order chi connectivity index (χ0) is 36.5. The molecule has 8 rings (SSSR count). The Morgan fingerprint density at radius 1 is 0.736 bits per heavy atom. The Kier molecular flexibility index (Phi) is 9.28. The van der Waals surface area contributed by atoms with Gasteiger partial charge in [-0.15, -0.1) is 0 Å². The molecule has 4 aromatic rings. The largest absolute Gasteiger partial charge is 0.493 e. The highest BCUT2D eigenvalue weighted by Gasteiger charge is 2.35. The Labute approximate surface area is 307 Å². The van der Waals surface area contributed by atoms with Gasteiger partial charge >= 0.3 is 0 Å². The topological polar surface area (TPSA) is 126 Å². The van der Waals surface area contributed by atoms with Crippen molar-refractivity contribution >= 4 is 46.9 Å². The SMILES string of the molecule is CNNc1ccc(C2=CN3C(=O)c4cc(OC)c(OCCCOc5cc6c(cc5OC)C(=O)N5Cc7ccccc7C[C@H]5C=N6)cc4N=C[C@@H]3C2)cc1. The van der Waals surface area contributed by atoms with Gasteiger partial charge in [-0.1, -0.05) is 36.4 Å². The molecular weight excluding hydrogens is 672 g/mol. The number of nitrogens with one attached hydrogen (secondary N) is 2. The molecule has 270 valence electrons. The fourth-order valence-electron chi connectivity index (χ4n) is 7.23. The molecule has 0 saturated carbocycles. The van der Waals surface area contributed by atoms with Gasteiger partial charge in [0.1, 0.15) is 0 Å². The van der Waals surface area contributed by atoms with Crippen LogP contribution in [0, 0.1) is 0 Å². The first-order chi connectivity index (χ1) is 25.9. The minimum Gasteiger partial charge on any atom is -0.493 e. The number of hydrogen-bond acceptors (Lipinski definition) is 10. The van der Waals surface area contributed by atoms with E-state index in [0.717, 1.165) is 28.8 Å². The van der Waals surface area contributed by atoms with E-state index < -0.39 is 0 Å². The number of fused-ring (bicyclic) bond motifs is 5. The summed E-state index contributed by atoms with van der Waals surface area (Å²) < 4.78 is 23.6. The number of hydrazine groups is 1. The molecule has 0 aromatic heterocycles. The third-order valence-electron chi connectivity index (χ3n) is 9.99. The maximum atomic E-state index is 13.8. The molecule has 53 heavy (non-hydrogen) atoms. The molecule has 0 fully saturated rings. The first kappa shape index (κ1) is 34.0. The molecule has 0 aliphatic carbocycles. The van der Waals surface area contributed by atoms with Crippen LogP contribution < -0.4 is 29.8 Å². The maximum Gasteiger partial charge on any atom is 0.260 e. The number of methoxy groups -OCH3 is 2. The normalized spacial score (nSPS) is 18.1. The quantitative estimate of drug-likeness (QED) is 0.136. The van der Waals surface area contributed by atoms with Crippen molar-refractivity contribution in [1.29, 1.82) is 0 Å². The summed E-state index contributed by atoms with van der Waals surface area (Å²) >= 11 is 0. The van der Waals surface area contributed by atoms with Crippen LogP contribution >= 0.6 is 0 Å². The molecule has 2 amide bonds. The van der Waals surface area contributed by atoms with Gasteiger partial charge in [0.05, 0.1) is 62.0 Å². The second-order valence-electron chi connectivity index (χ2n) is 13.2. The molecule has 4 aliphatic heterocycles. The first-order valence-corrected chi connectivity index (χ1v) is 17.7. The lowest BCUT2D eigenvalue weighted by Crippen LogP contribution is -2.44. The van der Waals surface area contributed by atoms with Crippen LogP contribution in [0.3, 0.4) is 0 Å². The van der Waals surface area contributed by atoms with Crippen LogP contribution in [0.15, 0.2) is 89.0 Å². The minimum atomic E-state index is -0.194. The summed E-state index contributed by atoms with van der Waals surface area (Å²) in [5.41, 5.74) is 13.4. The van der Waals surface area contributed by atoms with Crippen LogP contribution in [0.4, 0.5) is 17.1 Å². The number of amides is 2. The number of ether oxygens (including phenoxy) is 4. The molecule has 0 radical (unpaired) electrons. The molecule has 12 heteroatoms. The highest BCUT2D eigenvalue weighted by atomic mass is 16.5. The van der Waals surface area contributed by atoms with E-state index in [1.165, 1.54) is 5.56 Å². The van der Waals surface area contributed by atoms with Gasteiger partial charge in [-0.2, -0.15) is 0 Å². The second-order valence-corrected chi connectivity index (χ2v) is 13.2. The lowest BCUT2D eigenvalue weighted by atomic mass is 9.94. The third kappa shape index (κ3) is 6.57. The van der Waals surface area contributed by atoms with Crippen molar-refractivity contribution in [3.8, 4) is 23.0 Å². The van der Waals surface area contributed by atoms with E-state index >= 15 is 0 Å². The van der Waals surface area contributed by atoms with Gasteiger partial charge in [0.2, 0.25) is 0 Å². The van der Waals surface area contributed by atoms with Gasteiger partial charge in [0.15, 0.2) is 23.0 Å². The van der Waals surface area contributed by atoms with Gasteiger partial charge in [-0.05, 0) is 52.9 Å². The standard InChI is InChI=1S/C41H40N6O6/c1-42-45-29-11-9-25(10-12-29)28-16-31-22-44-35-20-39(37(51-3)18-33(35)41(49)47(31)24-28)53-14-6-13-52-38-19-34-32(17-36(38)50-2)40(48)46-23-27-8-5-4-7-26(27)15-30(46)21-43-34/h4-5,7-12,17-22,24,30-31,42,45H,6,13-16,23H2,1-3H3/t30-,31-/m0/s1. The van der Waals surface area contributed by atoms with Crippen molar-refractivity contribution in [2.75, 3.05) is 39.9 Å². The fourth-order valence-corrected chi connectivity index (χ4v) is 7.23. The predicted octanol–water partition coefficient (Wildman–Crippen LogP) is 6.35. The van der Waals surface area contributed by atoms with E-state index in [1.54, 1.807) is 43.4 Å². The van der Waals surface area contributed by atoms with Crippen LogP contribution in [-0.4, -0.2) is 80.6 Å². The van der Waals surface area contributed by atoms with Crippen LogP contribution in [0.1, 0.15) is 50.2 Å². The summed E-state index contributed by atoms with van der Waals surface area (Å²) in [5.74, 6) is 1.65. The van der Waals surface area contributed by atoms with Crippen molar-refractivity contribution in [3.05, 3.63) is 107 Å². The molecule has 12 nitrogen and oxygen atoms in total. The second kappa shape index (κ2) is 14.5. The summed E-state index contributed by atoms with van der Waals surface area (Å²) in [4.78, 5) is 40.5. The van der Waals surface area contributed by atoms with Crippen molar-refractivity contribution in [2.45, 2.75) is 37.9 Å². The highest BCUT2D eigenvalue weighted by molar-refractivity contribution is 6.06. The van der Waals surface area contributed by atoms with Crippen LogP contribution in [0.2, 0.25) is 0 Å². The van der Waals surface area contributed by atoms with E-state index in [9.17, 15) is 9.59 Å². The summed E-state index contributed by atoms with van der Waals surface area (Å²) in [6.07, 6.45) is 7.52. The average Bonchev–Trinajstić information content (AvgIpc) is 3.52. The molecule has 4 aromatic carbocycles. The van der Waals surface area contributed by atoms with Gasteiger partial charge < -0.3 is 34.2 Å². The summed E-state index contributed by atoms with van der Waals surface area (Å²) in [5, 5.41) is 0. The number of hydrogen-bond donors (Lipinski definition) is 2.